The predicted molar refractivity (Wildman–Crippen MR) is 114 cm³/mol. The summed E-state index contributed by atoms with van der Waals surface area (Å²) in [6.07, 6.45) is 1.80. The van der Waals surface area contributed by atoms with Crippen molar-refractivity contribution in [3.05, 3.63) is 59.7 Å². The van der Waals surface area contributed by atoms with Crippen molar-refractivity contribution in [2.24, 2.45) is 4.40 Å². The Morgan fingerprint density at radius 1 is 0.966 bits per heavy atom. The number of nitrogens with zero attached hydrogens (tertiary/aromatic N) is 5. The second-order valence-corrected chi connectivity index (χ2v) is 8.64. The number of thioether (sulfide) groups is 1. The van der Waals surface area contributed by atoms with Gasteiger partial charge < -0.3 is 9.80 Å². The van der Waals surface area contributed by atoms with Crippen LogP contribution < -0.4 is 4.90 Å². The van der Waals surface area contributed by atoms with Crippen molar-refractivity contribution in [2.45, 2.75) is 4.90 Å². The maximum Gasteiger partial charge on any atom is 0.284 e. The Balaban J connectivity index is 1.80. The Morgan fingerprint density at radius 3 is 2.07 bits per heavy atom. The van der Waals surface area contributed by atoms with E-state index in [4.69, 9.17) is 0 Å². The molecule has 0 aliphatic carbocycles. The van der Waals surface area contributed by atoms with Crippen molar-refractivity contribution in [1.82, 2.24) is 4.90 Å². The van der Waals surface area contributed by atoms with Gasteiger partial charge in [0.05, 0.1) is 21.7 Å². The Hall–Kier alpha value is -3.01. The third-order valence-electron chi connectivity index (χ3n) is 4.57. The standard InChI is InChI=1S/C20H19N5O2S2/c1-28-20(23-29(26,27)18-8-3-2-4-9-18)25-12-10-24(11-13-25)19-16(14-21)6-5-7-17(19)15-22/h2-9H,10-13H2,1H3/b23-20-. The van der Waals surface area contributed by atoms with Crippen LogP contribution in [0.3, 0.4) is 0 Å². The van der Waals surface area contributed by atoms with Crippen LogP contribution in [0.2, 0.25) is 0 Å². The van der Waals surface area contributed by atoms with Crippen LogP contribution in [0, 0.1) is 22.7 Å². The molecule has 0 aromatic heterocycles. The van der Waals surface area contributed by atoms with Crippen LogP contribution in [0.25, 0.3) is 0 Å². The van der Waals surface area contributed by atoms with Gasteiger partial charge in [-0.05, 0) is 30.5 Å². The first-order valence-electron chi connectivity index (χ1n) is 8.87. The van der Waals surface area contributed by atoms with Crippen molar-refractivity contribution in [3.63, 3.8) is 0 Å². The zero-order chi connectivity index (χ0) is 20.9. The number of rotatable bonds is 3. The number of amidine groups is 1. The fourth-order valence-electron chi connectivity index (χ4n) is 3.16. The maximum atomic E-state index is 12.6. The average Bonchev–Trinajstić information content (AvgIpc) is 2.77. The van der Waals surface area contributed by atoms with Gasteiger partial charge in [0.15, 0.2) is 5.17 Å². The van der Waals surface area contributed by atoms with E-state index in [9.17, 15) is 18.9 Å². The van der Waals surface area contributed by atoms with Crippen LogP contribution in [0.4, 0.5) is 5.69 Å². The summed E-state index contributed by atoms with van der Waals surface area (Å²) in [6, 6.07) is 17.5. The van der Waals surface area contributed by atoms with Gasteiger partial charge in [0.2, 0.25) is 0 Å². The van der Waals surface area contributed by atoms with E-state index in [0.29, 0.717) is 48.2 Å². The molecule has 0 saturated carbocycles. The van der Waals surface area contributed by atoms with E-state index in [1.165, 1.54) is 23.9 Å². The molecular weight excluding hydrogens is 406 g/mol. The van der Waals surface area contributed by atoms with Gasteiger partial charge in [-0.2, -0.15) is 18.9 Å². The lowest BCUT2D eigenvalue weighted by Crippen LogP contribution is -2.48. The van der Waals surface area contributed by atoms with E-state index in [1.807, 2.05) is 9.80 Å². The number of hydrogen-bond acceptors (Lipinski definition) is 6. The molecule has 29 heavy (non-hydrogen) atoms. The smallest absolute Gasteiger partial charge is 0.284 e. The van der Waals surface area contributed by atoms with Crippen LogP contribution in [0.15, 0.2) is 57.8 Å². The number of nitriles is 2. The molecule has 0 unspecified atom stereocenters. The van der Waals surface area contributed by atoms with Crippen LogP contribution in [-0.2, 0) is 10.0 Å². The highest BCUT2D eigenvalue weighted by molar-refractivity contribution is 8.13. The summed E-state index contributed by atoms with van der Waals surface area (Å²) in [6.45, 7) is 2.18. The average molecular weight is 426 g/mol. The summed E-state index contributed by atoms with van der Waals surface area (Å²) in [5, 5.41) is 19.2. The third kappa shape index (κ3) is 4.53. The molecule has 1 fully saturated rings. The van der Waals surface area contributed by atoms with Gasteiger partial charge >= 0.3 is 0 Å². The molecule has 9 heteroatoms. The Kier molecular flexibility index (Phi) is 6.42. The number of benzene rings is 2. The van der Waals surface area contributed by atoms with Crippen molar-refractivity contribution in [1.29, 1.82) is 10.5 Å². The molecule has 0 N–H and O–H groups in total. The first-order chi connectivity index (χ1) is 14.0. The highest BCUT2D eigenvalue weighted by Crippen LogP contribution is 2.26. The van der Waals surface area contributed by atoms with Crippen LogP contribution >= 0.6 is 11.8 Å². The zero-order valence-corrected chi connectivity index (χ0v) is 17.4. The summed E-state index contributed by atoms with van der Waals surface area (Å²) in [5.74, 6) is 0. The van der Waals surface area contributed by atoms with Crippen LogP contribution in [-0.4, -0.2) is 50.9 Å². The maximum absolute atomic E-state index is 12.6. The number of para-hydroxylation sites is 1. The first-order valence-corrected chi connectivity index (χ1v) is 11.5. The minimum absolute atomic E-state index is 0.159. The number of piperazine rings is 1. The molecule has 2 aromatic carbocycles. The molecule has 0 atom stereocenters. The third-order valence-corrected chi connectivity index (χ3v) is 6.68. The second kappa shape index (κ2) is 8.99. The largest absolute Gasteiger partial charge is 0.366 e. The van der Waals surface area contributed by atoms with Gasteiger partial charge in [0.25, 0.3) is 10.0 Å². The topological polar surface area (TPSA) is 101 Å². The lowest BCUT2D eigenvalue weighted by molar-refractivity contribution is 0.392. The summed E-state index contributed by atoms with van der Waals surface area (Å²) in [5.41, 5.74) is 1.56. The molecule has 7 nitrogen and oxygen atoms in total. The Labute approximate surface area is 174 Å². The predicted octanol–water partition coefficient (Wildman–Crippen LogP) is 2.66. The van der Waals surface area contributed by atoms with Crippen LogP contribution in [0.5, 0.6) is 0 Å². The van der Waals surface area contributed by atoms with Gasteiger partial charge in [-0.25, -0.2) is 0 Å². The van der Waals surface area contributed by atoms with E-state index in [-0.39, 0.29) is 4.90 Å². The normalized spacial score (nSPS) is 14.9. The Morgan fingerprint density at radius 2 is 1.55 bits per heavy atom. The monoisotopic (exact) mass is 425 g/mol. The van der Waals surface area contributed by atoms with Gasteiger partial charge in [-0.3, -0.25) is 0 Å². The van der Waals surface area contributed by atoms with E-state index >= 15 is 0 Å². The van der Waals surface area contributed by atoms with E-state index in [0.717, 1.165) is 0 Å². The molecule has 3 rings (SSSR count). The molecule has 0 spiro atoms. The highest BCUT2D eigenvalue weighted by Gasteiger charge is 2.25. The molecule has 1 aliphatic heterocycles. The van der Waals surface area contributed by atoms with E-state index in [1.54, 1.807) is 42.7 Å². The van der Waals surface area contributed by atoms with E-state index in [2.05, 4.69) is 16.5 Å². The molecule has 1 aliphatic rings. The molecule has 1 heterocycles. The number of anilines is 1. The quantitative estimate of drug-likeness (QED) is 0.550. The summed E-state index contributed by atoms with van der Waals surface area (Å²) >= 11 is 1.28. The van der Waals surface area contributed by atoms with Crippen molar-refractivity contribution < 1.29 is 8.42 Å². The second-order valence-electron chi connectivity index (χ2n) is 6.27. The summed E-state index contributed by atoms with van der Waals surface area (Å²) in [4.78, 5) is 4.08. The fraction of sp³-hybridized carbons (Fsp3) is 0.250. The fourth-order valence-corrected chi connectivity index (χ4v) is 5.12. The molecule has 148 valence electrons. The zero-order valence-electron chi connectivity index (χ0n) is 15.8. The Bertz CT molecular complexity index is 1060. The summed E-state index contributed by atoms with van der Waals surface area (Å²) in [7, 11) is -3.78. The van der Waals surface area contributed by atoms with Crippen molar-refractivity contribution in [3.8, 4) is 12.1 Å². The van der Waals surface area contributed by atoms with Gasteiger partial charge in [0.1, 0.15) is 12.1 Å². The lowest BCUT2D eigenvalue weighted by atomic mass is 10.1. The lowest BCUT2D eigenvalue weighted by Gasteiger charge is -2.37. The number of hydrogen-bond donors (Lipinski definition) is 0. The first kappa shape index (κ1) is 20.7. The molecule has 0 bridgehead atoms. The van der Waals surface area contributed by atoms with E-state index < -0.39 is 10.0 Å². The van der Waals surface area contributed by atoms with Crippen molar-refractivity contribution >= 4 is 32.6 Å². The minimum atomic E-state index is -3.78. The van der Waals surface area contributed by atoms with Crippen LogP contribution in [0.1, 0.15) is 11.1 Å². The van der Waals surface area contributed by atoms with Gasteiger partial charge in [0, 0.05) is 26.2 Å². The summed E-state index contributed by atoms with van der Waals surface area (Å²) < 4.78 is 29.2. The minimum Gasteiger partial charge on any atom is -0.366 e. The SMILES string of the molecule is CS/C(=N\S(=O)(=O)c1ccccc1)N1CCN(c2c(C#N)cccc2C#N)CC1. The van der Waals surface area contributed by atoms with Crippen molar-refractivity contribution in [2.75, 3.05) is 37.3 Å². The number of sulfonamides is 1. The molecule has 0 radical (unpaired) electrons. The molecule has 1 saturated heterocycles. The molecule has 2 aromatic rings. The molecular formula is C20H19N5O2S2. The van der Waals surface area contributed by atoms with Gasteiger partial charge in [-0.1, -0.05) is 36.0 Å². The highest BCUT2D eigenvalue weighted by atomic mass is 32.2. The van der Waals surface area contributed by atoms with Gasteiger partial charge in [-0.15, -0.1) is 4.40 Å². The molecule has 0 amide bonds.